The molecule has 0 aliphatic heterocycles. The fraction of sp³-hybridized carbons (Fsp3) is 0.316. The number of benzene rings is 2. The smallest absolute Gasteiger partial charge is 0.338 e. The van der Waals surface area contributed by atoms with Gasteiger partial charge in [0.25, 0.3) is 5.69 Å². The largest absolute Gasteiger partial charge is 0.491 e. The molecule has 0 atom stereocenters. The van der Waals surface area contributed by atoms with Crippen LogP contribution in [0.2, 0.25) is 0 Å². The Morgan fingerprint density at radius 2 is 1.41 bits per heavy atom. The number of rotatable bonds is 12. The van der Waals surface area contributed by atoms with Crippen molar-refractivity contribution in [2.75, 3.05) is 39.6 Å². The van der Waals surface area contributed by atoms with Gasteiger partial charge in [-0.2, -0.15) is 0 Å². The van der Waals surface area contributed by atoms with Crippen LogP contribution in [0, 0.1) is 10.1 Å². The number of carbonyl (C=O) groups excluding carboxylic acids is 1. The number of carbonyl (C=O) groups is 1. The summed E-state index contributed by atoms with van der Waals surface area (Å²) in [4.78, 5) is 21.8. The van der Waals surface area contributed by atoms with Gasteiger partial charge in [0.1, 0.15) is 19.0 Å². The molecule has 27 heavy (non-hydrogen) atoms. The van der Waals surface area contributed by atoms with Crippen molar-refractivity contribution in [1.29, 1.82) is 0 Å². The molecule has 0 fully saturated rings. The Kier molecular flexibility index (Phi) is 8.75. The molecule has 8 heteroatoms. The third-order valence-corrected chi connectivity index (χ3v) is 3.39. The Hall–Kier alpha value is -2.97. The molecule has 8 nitrogen and oxygen atoms in total. The predicted octanol–water partition coefficient (Wildman–Crippen LogP) is 2.86. The molecule has 0 saturated carbocycles. The van der Waals surface area contributed by atoms with Crippen molar-refractivity contribution in [1.82, 2.24) is 0 Å². The molecule has 2 aromatic rings. The number of hydrogen-bond acceptors (Lipinski definition) is 7. The van der Waals surface area contributed by atoms with Gasteiger partial charge >= 0.3 is 5.97 Å². The van der Waals surface area contributed by atoms with Gasteiger partial charge in [0.15, 0.2) is 0 Å². The summed E-state index contributed by atoms with van der Waals surface area (Å²) in [5.41, 5.74) is 0.527. The highest BCUT2D eigenvalue weighted by Gasteiger charge is 2.05. The molecule has 0 N–H and O–H groups in total. The third kappa shape index (κ3) is 7.85. The van der Waals surface area contributed by atoms with E-state index < -0.39 is 4.92 Å². The number of nitro groups is 1. The van der Waals surface area contributed by atoms with Gasteiger partial charge in [0, 0.05) is 12.1 Å². The number of ether oxygens (including phenoxy) is 4. The highest BCUT2D eigenvalue weighted by molar-refractivity contribution is 5.89. The fourth-order valence-electron chi connectivity index (χ4n) is 2.06. The average Bonchev–Trinajstić information content (AvgIpc) is 2.70. The second-order valence-corrected chi connectivity index (χ2v) is 5.33. The maximum atomic E-state index is 11.7. The molecule has 0 radical (unpaired) electrons. The lowest BCUT2D eigenvalue weighted by Crippen LogP contribution is -2.14. The number of hydrogen-bond donors (Lipinski definition) is 0. The van der Waals surface area contributed by atoms with Crippen LogP contribution >= 0.6 is 0 Å². The van der Waals surface area contributed by atoms with Crippen LogP contribution in [0.5, 0.6) is 5.75 Å². The molecule has 0 bridgehead atoms. The number of esters is 1. The first-order valence-corrected chi connectivity index (χ1v) is 8.42. The predicted molar refractivity (Wildman–Crippen MR) is 97.0 cm³/mol. The molecule has 0 spiro atoms. The van der Waals surface area contributed by atoms with Gasteiger partial charge in [-0.3, -0.25) is 10.1 Å². The van der Waals surface area contributed by atoms with Gasteiger partial charge < -0.3 is 18.9 Å². The second-order valence-electron chi connectivity index (χ2n) is 5.33. The summed E-state index contributed by atoms with van der Waals surface area (Å²) < 4.78 is 21.1. The van der Waals surface area contributed by atoms with Gasteiger partial charge in [0.05, 0.1) is 36.9 Å². The molecule has 0 aromatic heterocycles. The summed E-state index contributed by atoms with van der Waals surface area (Å²) in [7, 11) is 0. The van der Waals surface area contributed by atoms with Crippen LogP contribution < -0.4 is 4.74 Å². The summed E-state index contributed by atoms with van der Waals surface area (Å²) in [6.07, 6.45) is 0. The van der Waals surface area contributed by atoms with Crippen LogP contribution in [0.4, 0.5) is 5.69 Å². The van der Waals surface area contributed by atoms with E-state index in [4.69, 9.17) is 18.9 Å². The molecular weight excluding hydrogens is 354 g/mol. The Morgan fingerprint density at radius 1 is 0.815 bits per heavy atom. The Balaban J connectivity index is 1.43. The molecule has 0 unspecified atom stereocenters. The minimum absolute atomic E-state index is 0.0187. The molecule has 0 heterocycles. The first-order valence-electron chi connectivity index (χ1n) is 8.42. The van der Waals surface area contributed by atoms with Gasteiger partial charge in [0.2, 0.25) is 0 Å². The van der Waals surface area contributed by atoms with Gasteiger partial charge in [-0.15, -0.1) is 0 Å². The zero-order chi connectivity index (χ0) is 19.3. The molecule has 0 aliphatic rings. The highest BCUT2D eigenvalue weighted by Crippen LogP contribution is 2.17. The van der Waals surface area contributed by atoms with Crippen LogP contribution in [0.15, 0.2) is 54.6 Å². The maximum Gasteiger partial charge on any atom is 0.338 e. The van der Waals surface area contributed by atoms with Gasteiger partial charge in [-0.05, 0) is 24.3 Å². The summed E-state index contributed by atoms with van der Waals surface area (Å²) in [6, 6.07) is 14.6. The molecule has 144 valence electrons. The average molecular weight is 375 g/mol. The van der Waals surface area contributed by atoms with Crippen molar-refractivity contribution in [3.63, 3.8) is 0 Å². The molecule has 0 saturated heterocycles. The molecule has 0 amide bonds. The van der Waals surface area contributed by atoms with Crippen LogP contribution in [-0.2, 0) is 14.2 Å². The first kappa shape index (κ1) is 20.3. The summed E-state index contributed by atoms with van der Waals surface area (Å²) in [5.74, 6) is 0.166. The standard InChI is InChI=1S/C19H21NO7/c21-19(16-4-2-1-3-5-16)27-15-13-25-11-10-24-12-14-26-18-8-6-17(7-9-18)20(22)23/h1-9H,10-15H2. The van der Waals surface area contributed by atoms with Crippen molar-refractivity contribution in [3.8, 4) is 5.75 Å². The van der Waals surface area contributed by atoms with E-state index >= 15 is 0 Å². The molecule has 2 aromatic carbocycles. The second kappa shape index (κ2) is 11.6. The van der Waals surface area contributed by atoms with E-state index in [9.17, 15) is 14.9 Å². The van der Waals surface area contributed by atoms with Crippen molar-refractivity contribution in [2.45, 2.75) is 0 Å². The fourth-order valence-corrected chi connectivity index (χ4v) is 2.06. The lowest BCUT2D eigenvalue weighted by Gasteiger charge is -2.08. The van der Waals surface area contributed by atoms with Crippen LogP contribution in [0.1, 0.15) is 10.4 Å². The first-order chi connectivity index (χ1) is 13.2. The monoisotopic (exact) mass is 375 g/mol. The Bertz CT molecular complexity index is 704. The zero-order valence-corrected chi connectivity index (χ0v) is 14.7. The van der Waals surface area contributed by atoms with Crippen molar-refractivity contribution in [3.05, 3.63) is 70.3 Å². The lowest BCUT2D eigenvalue weighted by atomic mass is 10.2. The van der Waals surface area contributed by atoms with Gasteiger partial charge in [-0.25, -0.2) is 4.79 Å². The minimum atomic E-state index is -0.463. The minimum Gasteiger partial charge on any atom is -0.491 e. The van der Waals surface area contributed by atoms with E-state index in [1.807, 2.05) is 6.07 Å². The van der Waals surface area contributed by atoms with E-state index in [2.05, 4.69) is 0 Å². The highest BCUT2D eigenvalue weighted by atomic mass is 16.6. The lowest BCUT2D eigenvalue weighted by molar-refractivity contribution is -0.384. The Morgan fingerprint density at radius 3 is 2.04 bits per heavy atom. The third-order valence-electron chi connectivity index (χ3n) is 3.39. The Labute approximate surface area is 156 Å². The topological polar surface area (TPSA) is 97.1 Å². The summed E-state index contributed by atoms with van der Waals surface area (Å²) in [6.45, 7) is 1.92. The summed E-state index contributed by atoms with van der Waals surface area (Å²) in [5, 5.41) is 10.5. The normalized spacial score (nSPS) is 10.4. The van der Waals surface area contributed by atoms with E-state index in [0.717, 1.165) is 0 Å². The maximum absolute atomic E-state index is 11.7. The number of nitrogens with zero attached hydrogens (tertiary/aromatic N) is 1. The van der Waals surface area contributed by atoms with Crippen LogP contribution in [0.25, 0.3) is 0 Å². The van der Waals surface area contributed by atoms with Gasteiger partial charge in [-0.1, -0.05) is 18.2 Å². The summed E-state index contributed by atoms with van der Waals surface area (Å²) >= 11 is 0. The van der Waals surface area contributed by atoms with Crippen molar-refractivity contribution < 1.29 is 28.7 Å². The zero-order valence-electron chi connectivity index (χ0n) is 14.7. The molecular formula is C19H21NO7. The van der Waals surface area contributed by atoms with Crippen molar-refractivity contribution >= 4 is 11.7 Å². The number of nitro benzene ring substituents is 1. The van der Waals surface area contributed by atoms with E-state index in [1.165, 1.54) is 24.3 Å². The molecule has 0 aliphatic carbocycles. The quantitative estimate of drug-likeness (QED) is 0.243. The van der Waals surface area contributed by atoms with E-state index in [1.54, 1.807) is 24.3 Å². The van der Waals surface area contributed by atoms with Crippen molar-refractivity contribution in [2.24, 2.45) is 0 Å². The molecule has 2 rings (SSSR count). The number of non-ortho nitro benzene ring substituents is 1. The SMILES string of the molecule is O=C(OCCOCCOCCOc1ccc([N+](=O)[O-])cc1)c1ccccc1. The van der Waals surface area contributed by atoms with Crippen LogP contribution in [-0.4, -0.2) is 50.5 Å². The van der Waals surface area contributed by atoms with E-state index in [-0.39, 0.29) is 18.3 Å². The van der Waals surface area contributed by atoms with E-state index in [0.29, 0.717) is 44.3 Å². The van der Waals surface area contributed by atoms with Crippen LogP contribution in [0.3, 0.4) is 0 Å².